The molecule has 5 heteroatoms. The highest BCUT2D eigenvalue weighted by molar-refractivity contribution is 7.85. The van der Waals surface area contributed by atoms with Gasteiger partial charge in [-0.1, -0.05) is 139 Å². The van der Waals surface area contributed by atoms with Gasteiger partial charge in [-0.15, -0.1) is 0 Å². The van der Waals surface area contributed by atoms with Crippen LogP contribution >= 0.6 is 0 Å². The number of nitrogens with zero attached hydrogens (tertiary/aromatic N) is 1. The summed E-state index contributed by atoms with van der Waals surface area (Å²) in [5.74, 6) is 0. The van der Waals surface area contributed by atoms with E-state index in [1.165, 1.54) is 140 Å². The van der Waals surface area contributed by atoms with Crippen LogP contribution in [0.4, 0.5) is 5.69 Å². The Hall–Kier alpha value is -1.69. The largest absolute Gasteiger partial charge is 0.744 e. The Bertz CT molecular complexity index is 960. The number of hydrogen-bond acceptors (Lipinski definition) is 3. The zero-order valence-electron chi connectivity index (χ0n) is 26.2. The average Bonchev–Trinajstić information content (AvgIpc) is 2.95. The summed E-state index contributed by atoms with van der Waals surface area (Å²) in [6, 6.07) is 16.8. The van der Waals surface area contributed by atoms with E-state index < -0.39 is 10.1 Å². The van der Waals surface area contributed by atoms with Gasteiger partial charge in [0.1, 0.15) is 15.8 Å². The minimum Gasteiger partial charge on any atom is -0.744 e. The third-order valence-electron chi connectivity index (χ3n) is 8.14. The summed E-state index contributed by atoms with van der Waals surface area (Å²) in [5, 5.41) is 0. The highest BCUT2D eigenvalue weighted by Gasteiger charge is 2.21. The number of benzene rings is 2. The number of rotatable bonds is 21. The molecule has 4 nitrogen and oxygen atoms in total. The molecule has 2 aromatic carbocycles. The Balaban J connectivity index is 0.000000603. The molecule has 2 aromatic rings. The molecule has 1 atom stereocenters. The predicted octanol–water partition coefficient (Wildman–Crippen LogP) is 10.2. The van der Waals surface area contributed by atoms with Crippen LogP contribution in [0.15, 0.2) is 59.5 Å². The minimum atomic E-state index is -4.27. The van der Waals surface area contributed by atoms with Crippen LogP contribution in [0.2, 0.25) is 0 Å². The number of aryl methyl sites for hydroxylation is 1. The first-order chi connectivity index (χ1) is 19.2. The van der Waals surface area contributed by atoms with Gasteiger partial charge in [-0.25, -0.2) is 8.42 Å². The van der Waals surface area contributed by atoms with Gasteiger partial charge in [0, 0.05) is 0 Å². The molecule has 0 aliphatic rings. The van der Waals surface area contributed by atoms with E-state index in [-0.39, 0.29) is 4.90 Å². The summed E-state index contributed by atoms with van der Waals surface area (Å²) in [7, 11) is -1.88. The molecule has 0 heterocycles. The van der Waals surface area contributed by atoms with E-state index in [9.17, 15) is 13.0 Å². The van der Waals surface area contributed by atoms with Crippen molar-refractivity contribution in [3.8, 4) is 0 Å². The molecule has 1 unspecified atom stereocenters. The molecule has 2 rings (SSSR count). The van der Waals surface area contributed by atoms with Crippen molar-refractivity contribution in [1.82, 2.24) is 4.48 Å². The second-order valence-corrected chi connectivity index (χ2v) is 13.1. The van der Waals surface area contributed by atoms with Gasteiger partial charge in [-0.3, -0.25) is 4.48 Å². The number of quaternary nitrogens is 1. The van der Waals surface area contributed by atoms with Crippen molar-refractivity contribution in [2.24, 2.45) is 0 Å². The molecule has 0 spiro atoms. The van der Waals surface area contributed by atoms with Crippen LogP contribution in [0.25, 0.3) is 0 Å². The van der Waals surface area contributed by atoms with Crippen LogP contribution in [0.5, 0.6) is 0 Å². The Kier molecular flexibility index (Phi) is 20.0. The lowest BCUT2D eigenvalue weighted by molar-refractivity contribution is 0.334. The summed E-state index contributed by atoms with van der Waals surface area (Å²) in [6.45, 7) is 8.90. The van der Waals surface area contributed by atoms with Crippen molar-refractivity contribution < 1.29 is 13.0 Å². The molecule has 0 fully saturated rings. The van der Waals surface area contributed by atoms with E-state index in [0.717, 1.165) is 10.0 Å². The smallest absolute Gasteiger partial charge is 0.132 e. The number of hydrogen-bond donors (Lipinski definition) is 0. The molecule has 40 heavy (non-hydrogen) atoms. The SMILES string of the molecule is CCCCCCCCCCCCCCCCCCC[N+](C)(CC)c1ccccc1.Cc1ccc(S(=O)(=O)[O-])cc1. The molecule has 0 amide bonds. The van der Waals surface area contributed by atoms with Crippen LogP contribution in [0, 0.1) is 6.92 Å². The first kappa shape index (κ1) is 36.3. The summed E-state index contributed by atoms with van der Waals surface area (Å²) < 4.78 is 32.2. The molecule has 0 aliphatic carbocycles. The molecule has 0 saturated carbocycles. The van der Waals surface area contributed by atoms with E-state index in [4.69, 9.17) is 0 Å². The van der Waals surface area contributed by atoms with Crippen LogP contribution in [0.1, 0.15) is 129 Å². The maximum Gasteiger partial charge on any atom is 0.132 e. The summed E-state index contributed by atoms with van der Waals surface area (Å²) in [6.07, 6.45) is 24.6. The van der Waals surface area contributed by atoms with Crippen molar-refractivity contribution in [1.29, 1.82) is 0 Å². The molecular formula is C35H59NO3S. The van der Waals surface area contributed by atoms with Gasteiger partial charge in [0.15, 0.2) is 0 Å². The Morgan fingerprint density at radius 2 is 1.00 bits per heavy atom. The fraction of sp³-hybridized carbons (Fsp3) is 0.657. The topological polar surface area (TPSA) is 57.2 Å². The van der Waals surface area contributed by atoms with Gasteiger partial charge >= 0.3 is 0 Å². The van der Waals surface area contributed by atoms with Crippen LogP contribution in [-0.4, -0.2) is 33.1 Å². The standard InChI is InChI=1S/C28H52N.C7H8O3S/c1-4-6-7-8-9-10-11-12-13-14-15-16-17-18-19-20-24-27-29(3,5-2)28-25-22-21-23-26-28;1-6-2-4-7(5-3-6)11(8,9)10/h21-23,25-26H,4-20,24,27H2,1-3H3;2-5H,1H3,(H,8,9,10)/q+1;/p-1. The molecule has 0 aliphatic heterocycles. The van der Waals surface area contributed by atoms with Crippen LogP contribution < -0.4 is 4.48 Å². The van der Waals surface area contributed by atoms with Gasteiger partial charge in [-0.2, -0.15) is 0 Å². The van der Waals surface area contributed by atoms with Crippen molar-refractivity contribution >= 4 is 15.8 Å². The zero-order chi connectivity index (χ0) is 29.5. The molecule has 0 N–H and O–H groups in total. The molecule has 0 saturated heterocycles. The monoisotopic (exact) mass is 573 g/mol. The van der Waals surface area contributed by atoms with Crippen molar-refractivity contribution in [2.45, 2.75) is 135 Å². The average molecular weight is 574 g/mol. The van der Waals surface area contributed by atoms with Gasteiger partial charge in [0.05, 0.1) is 25.0 Å². The van der Waals surface area contributed by atoms with Crippen molar-refractivity contribution in [3.05, 3.63) is 60.2 Å². The van der Waals surface area contributed by atoms with Crippen LogP contribution in [-0.2, 0) is 10.1 Å². The lowest BCUT2D eigenvalue weighted by Crippen LogP contribution is -2.45. The highest BCUT2D eigenvalue weighted by Crippen LogP contribution is 2.22. The minimum absolute atomic E-state index is 0.178. The second kappa shape index (κ2) is 22.0. The van der Waals surface area contributed by atoms with E-state index >= 15 is 0 Å². The summed E-state index contributed by atoms with van der Waals surface area (Å²) in [5.41, 5.74) is 2.39. The fourth-order valence-electron chi connectivity index (χ4n) is 5.15. The zero-order valence-corrected chi connectivity index (χ0v) is 27.0. The Morgan fingerprint density at radius 3 is 1.38 bits per heavy atom. The molecule has 0 bridgehead atoms. The highest BCUT2D eigenvalue weighted by atomic mass is 32.2. The number of unbranched alkanes of at least 4 members (excludes halogenated alkanes) is 16. The van der Waals surface area contributed by atoms with Gasteiger partial charge < -0.3 is 4.55 Å². The lowest BCUT2D eigenvalue weighted by atomic mass is 10.0. The van der Waals surface area contributed by atoms with E-state index in [0.29, 0.717) is 0 Å². The first-order valence-corrected chi connectivity index (χ1v) is 17.6. The van der Waals surface area contributed by atoms with E-state index in [1.807, 2.05) is 6.92 Å². The molecule has 228 valence electrons. The Morgan fingerprint density at radius 1 is 0.600 bits per heavy atom. The maximum atomic E-state index is 10.4. The van der Waals surface area contributed by atoms with Crippen molar-refractivity contribution in [3.63, 3.8) is 0 Å². The third kappa shape index (κ3) is 17.2. The van der Waals surface area contributed by atoms with E-state index in [1.54, 1.807) is 12.1 Å². The molecular weight excluding hydrogens is 514 g/mol. The van der Waals surface area contributed by atoms with Crippen molar-refractivity contribution in [2.75, 3.05) is 20.1 Å². The number of para-hydroxylation sites is 1. The normalized spacial score (nSPS) is 12.9. The lowest BCUT2D eigenvalue weighted by Gasteiger charge is -2.33. The van der Waals surface area contributed by atoms with Gasteiger partial charge in [0.2, 0.25) is 0 Å². The Labute approximate surface area is 247 Å². The fourth-order valence-corrected chi connectivity index (χ4v) is 5.62. The van der Waals surface area contributed by atoms with Gasteiger partial charge in [0.25, 0.3) is 0 Å². The molecule has 0 aromatic heterocycles. The maximum absolute atomic E-state index is 10.4. The summed E-state index contributed by atoms with van der Waals surface area (Å²) >= 11 is 0. The second-order valence-electron chi connectivity index (χ2n) is 11.7. The first-order valence-electron chi connectivity index (χ1n) is 16.2. The predicted molar refractivity (Wildman–Crippen MR) is 173 cm³/mol. The summed E-state index contributed by atoms with van der Waals surface area (Å²) in [4.78, 5) is -0.178. The quantitative estimate of drug-likeness (QED) is 0.0848. The third-order valence-corrected chi connectivity index (χ3v) is 8.99. The van der Waals surface area contributed by atoms with Gasteiger partial charge in [-0.05, 0) is 51.0 Å². The molecule has 0 radical (unpaired) electrons. The van der Waals surface area contributed by atoms with E-state index in [2.05, 4.69) is 51.2 Å². The van der Waals surface area contributed by atoms with Crippen LogP contribution in [0.3, 0.4) is 0 Å².